The second-order valence-corrected chi connectivity index (χ2v) is 9.06. The molecule has 9 nitrogen and oxygen atoms in total. The fraction of sp³-hybridized carbons (Fsp3) is 0.200. The van der Waals surface area contributed by atoms with Crippen LogP contribution in [0.25, 0.3) is 0 Å². The number of sulfonamides is 1. The van der Waals surface area contributed by atoms with Gasteiger partial charge in [0.05, 0.1) is 42.7 Å². The fourth-order valence-electron chi connectivity index (χ4n) is 3.24. The maximum absolute atomic E-state index is 13.5. The second-order valence-electron chi connectivity index (χ2n) is 7.20. The normalized spacial score (nSPS) is 10.8. The first kappa shape index (κ1) is 25.6. The molecule has 0 aromatic heterocycles. The molecule has 1 N–H and O–H groups in total. The Morgan fingerprint density at radius 1 is 0.857 bits per heavy atom. The minimum atomic E-state index is -4.14. The molecule has 3 aromatic rings. The van der Waals surface area contributed by atoms with E-state index in [4.69, 9.17) is 14.2 Å². The van der Waals surface area contributed by atoms with Gasteiger partial charge in [0.1, 0.15) is 18.0 Å². The number of hydrogen-bond acceptors (Lipinski definition) is 7. The number of esters is 1. The number of rotatable bonds is 10. The maximum atomic E-state index is 13.5. The van der Waals surface area contributed by atoms with E-state index in [1.54, 1.807) is 49.4 Å². The van der Waals surface area contributed by atoms with E-state index in [1.807, 2.05) is 0 Å². The van der Waals surface area contributed by atoms with Crippen molar-refractivity contribution in [3.05, 3.63) is 78.4 Å². The molecule has 3 rings (SSSR count). The van der Waals surface area contributed by atoms with Gasteiger partial charge in [-0.3, -0.25) is 9.10 Å². The van der Waals surface area contributed by atoms with Crippen molar-refractivity contribution >= 4 is 33.3 Å². The molecule has 0 saturated heterocycles. The van der Waals surface area contributed by atoms with Crippen molar-refractivity contribution in [2.75, 3.05) is 37.0 Å². The zero-order valence-corrected chi connectivity index (χ0v) is 20.4. The average Bonchev–Trinajstić information content (AvgIpc) is 2.87. The molecule has 0 saturated carbocycles. The van der Waals surface area contributed by atoms with E-state index in [0.717, 1.165) is 4.31 Å². The van der Waals surface area contributed by atoms with Crippen LogP contribution in [0.5, 0.6) is 11.5 Å². The number of carbonyl (C=O) groups is 2. The van der Waals surface area contributed by atoms with Gasteiger partial charge in [-0.1, -0.05) is 12.1 Å². The van der Waals surface area contributed by atoms with Crippen LogP contribution >= 0.6 is 0 Å². The van der Waals surface area contributed by atoms with Crippen molar-refractivity contribution in [1.82, 2.24) is 0 Å². The molecule has 0 aliphatic rings. The van der Waals surface area contributed by atoms with Crippen LogP contribution in [0.1, 0.15) is 17.3 Å². The third-order valence-corrected chi connectivity index (χ3v) is 6.78. The molecule has 0 bridgehead atoms. The van der Waals surface area contributed by atoms with Crippen molar-refractivity contribution in [2.45, 2.75) is 11.8 Å². The Bertz CT molecular complexity index is 1270. The highest BCUT2D eigenvalue weighted by Crippen LogP contribution is 2.27. The standard InChI is InChI=1S/C25H26N2O7S/c1-4-34-25(29)22-7-5-6-8-23(22)26-24(28)17-27(18-9-11-19(32-2)12-10-18)35(30,31)21-15-13-20(33-3)14-16-21/h5-16H,4,17H2,1-3H3,(H,26,28). The van der Waals surface area contributed by atoms with Crippen LogP contribution in [0.2, 0.25) is 0 Å². The summed E-state index contributed by atoms with van der Waals surface area (Å²) < 4.78 is 43.3. The van der Waals surface area contributed by atoms with Crippen molar-refractivity contribution in [2.24, 2.45) is 0 Å². The van der Waals surface area contributed by atoms with Crippen LogP contribution in [-0.2, 0) is 19.6 Å². The van der Waals surface area contributed by atoms with Crippen LogP contribution < -0.4 is 19.1 Å². The highest BCUT2D eigenvalue weighted by Gasteiger charge is 2.28. The van der Waals surface area contributed by atoms with Crippen LogP contribution in [0, 0.1) is 0 Å². The number of carbonyl (C=O) groups excluding carboxylic acids is 2. The van der Waals surface area contributed by atoms with E-state index < -0.39 is 28.4 Å². The first-order valence-corrected chi connectivity index (χ1v) is 12.1. The van der Waals surface area contributed by atoms with Gasteiger partial charge < -0.3 is 19.5 Å². The first-order chi connectivity index (χ1) is 16.8. The van der Waals surface area contributed by atoms with Gasteiger partial charge >= 0.3 is 5.97 Å². The number of hydrogen-bond donors (Lipinski definition) is 1. The molecule has 0 unspecified atom stereocenters. The number of anilines is 2. The monoisotopic (exact) mass is 498 g/mol. The minimum absolute atomic E-state index is 0.0196. The van der Waals surface area contributed by atoms with Crippen LogP contribution in [0.4, 0.5) is 11.4 Å². The van der Waals surface area contributed by atoms with Crippen LogP contribution in [0.3, 0.4) is 0 Å². The Balaban J connectivity index is 1.94. The highest BCUT2D eigenvalue weighted by atomic mass is 32.2. The summed E-state index contributed by atoms with van der Waals surface area (Å²) in [5.74, 6) is -0.215. The Labute approximate surface area is 204 Å². The van der Waals surface area contributed by atoms with E-state index in [9.17, 15) is 18.0 Å². The molecule has 1 amide bonds. The predicted molar refractivity (Wildman–Crippen MR) is 132 cm³/mol. The molecule has 10 heteroatoms. The van der Waals surface area contributed by atoms with Crippen LogP contribution in [0.15, 0.2) is 77.7 Å². The summed E-state index contributed by atoms with van der Waals surface area (Å²) in [7, 11) is -1.16. The second kappa shape index (κ2) is 11.4. The zero-order valence-electron chi connectivity index (χ0n) is 19.6. The summed E-state index contributed by atoms with van der Waals surface area (Å²) in [5, 5.41) is 2.62. The van der Waals surface area contributed by atoms with Gasteiger partial charge in [0.2, 0.25) is 5.91 Å². The molecule has 0 spiro atoms. The topological polar surface area (TPSA) is 111 Å². The van der Waals surface area contributed by atoms with Gasteiger partial charge in [-0.05, 0) is 67.6 Å². The molecule has 0 radical (unpaired) electrons. The summed E-state index contributed by atoms with van der Waals surface area (Å²) in [4.78, 5) is 25.2. The molecule has 0 atom stereocenters. The Hall–Kier alpha value is -4.05. The molecule has 0 aliphatic carbocycles. The lowest BCUT2D eigenvalue weighted by molar-refractivity contribution is -0.114. The molecular weight excluding hydrogens is 472 g/mol. The Morgan fingerprint density at radius 2 is 1.43 bits per heavy atom. The van der Waals surface area contributed by atoms with Gasteiger partial charge in [-0.15, -0.1) is 0 Å². The van der Waals surface area contributed by atoms with Crippen molar-refractivity contribution < 1.29 is 32.2 Å². The van der Waals surface area contributed by atoms with Crippen molar-refractivity contribution in [1.29, 1.82) is 0 Å². The molecule has 0 fully saturated rings. The molecule has 0 heterocycles. The van der Waals surface area contributed by atoms with Gasteiger partial charge in [0, 0.05) is 0 Å². The van der Waals surface area contributed by atoms with Gasteiger partial charge in [0.25, 0.3) is 10.0 Å². The fourth-order valence-corrected chi connectivity index (χ4v) is 4.66. The van der Waals surface area contributed by atoms with E-state index in [2.05, 4.69) is 5.32 Å². The van der Waals surface area contributed by atoms with E-state index in [1.165, 1.54) is 44.6 Å². The molecule has 184 valence electrons. The number of nitrogens with one attached hydrogen (secondary N) is 1. The summed E-state index contributed by atoms with van der Waals surface area (Å²) in [6.45, 7) is 1.31. The van der Waals surface area contributed by atoms with Crippen molar-refractivity contribution in [3.8, 4) is 11.5 Å². The number of para-hydroxylation sites is 1. The number of amides is 1. The smallest absolute Gasteiger partial charge is 0.340 e. The maximum Gasteiger partial charge on any atom is 0.340 e. The summed E-state index contributed by atoms with van der Waals surface area (Å²) in [6, 6.07) is 18.5. The minimum Gasteiger partial charge on any atom is -0.497 e. The highest BCUT2D eigenvalue weighted by molar-refractivity contribution is 7.92. The quantitative estimate of drug-likeness (QED) is 0.424. The molecular formula is C25H26N2O7S. The lowest BCUT2D eigenvalue weighted by Gasteiger charge is -2.24. The Morgan fingerprint density at radius 3 is 2.00 bits per heavy atom. The van der Waals surface area contributed by atoms with Gasteiger partial charge in [0.15, 0.2) is 0 Å². The average molecular weight is 499 g/mol. The molecule has 0 aliphatic heterocycles. The van der Waals surface area contributed by atoms with Gasteiger partial charge in [-0.25, -0.2) is 13.2 Å². The predicted octanol–water partition coefficient (Wildman–Crippen LogP) is 3.71. The lowest BCUT2D eigenvalue weighted by atomic mass is 10.2. The number of benzene rings is 3. The van der Waals surface area contributed by atoms with E-state index in [0.29, 0.717) is 11.5 Å². The SMILES string of the molecule is CCOC(=O)c1ccccc1NC(=O)CN(c1ccc(OC)cc1)S(=O)(=O)c1ccc(OC)cc1. The van der Waals surface area contributed by atoms with E-state index in [-0.39, 0.29) is 28.4 Å². The third-order valence-electron chi connectivity index (χ3n) is 4.99. The third kappa shape index (κ3) is 6.10. The zero-order chi connectivity index (χ0) is 25.4. The summed E-state index contributed by atoms with van der Waals surface area (Å²) in [6.07, 6.45) is 0. The largest absolute Gasteiger partial charge is 0.497 e. The number of ether oxygens (including phenoxy) is 3. The molecule has 35 heavy (non-hydrogen) atoms. The molecule has 3 aromatic carbocycles. The van der Waals surface area contributed by atoms with E-state index >= 15 is 0 Å². The van der Waals surface area contributed by atoms with Crippen molar-refractivity contribution in [3.63, 3.8) is 0 Å². The Kier molecular flexibility index (Phi) is 8.32. The number of nitrogens with zero attached hydrogens (tertiary/aromatic N) is 1. The first-order valence-electron chi connectivity index (χ1n) is 10.7. The number of methoxy groups -OCH3 is 2. The van der Waals surface area contributed by atoms with Crippen LogP contribution in [-0.4, -0.2) is 47.7 Å². The summed E-state index contributed by atoms with van der Waals surface area (Å²) >= 11 is 0. The lowest BCUT2D eigenvalue weighted by Crippen LogP contribution is -2.38. The van der Waals surface area contributed by atoms with Gasteiger partial charge in [-0.2, -0.15) is 0 Å². The summed E-state index contributed by atoms with van der Waals surface area (Å²) in [5.41, 5.74) is 0.639.